The highest BCUT2D eigenvalue weighted by Crippen LogP contribution is 2.20. The predicted octanol–water partition coefficient (Wildman–Crippen LogP) is -4.62. The van der Waals surface area contributed by atoms with Gasteiger partial charge in [-0.3, -0.25) is 62.9 Å². The van der Waals surface area contributed by atoms with Crippen LogP contribution in [0.5, 0.6) is 5.75 Å². The van der Waals surface area contributed by atoms with Crippen molar-refractivity contribution < 1.29 is 53.1 Å². The Morgan fingerprint density at radius 1 is 0.557 bits per heavy atom. The number of benzene rings is 2. The molecule has 31 heteroatoms. The van der Waals surface area contributed by atoms with Crippen molar-refractivity contribution in [1.82, 2.24) is 47.4 Å². The Balaban J connectivity index is 1.89. The zero-order valence-electron chi connectivity index (χ0n) is 50.6. The lowest BCUT2D eigenvalue weighted by atomic mass is 9.96. The molecule has 1 aliphatic rings. The lowest BCUT2D eigenvalue weighted by Crippen LogP contribution is -2.61. The molecule has 88 heavy (non-hydrogen) atoms. The fraction of sp³-hybridized carbons (Fsp3) is 0.561. The van der Waals surface area contributed by atoms with E-state index in [1.54, 1.807) is 70.2 Å². The average molecular weight is 1230 g/mol. The van der Waals surface area contributed by atoms with Gasteiger partial charge < -0.3 is 98.4 Å². The summed E-state index contributed by atoms with van der Waals surface area (Å²) in [5.41, 5.74) is 46.3. The minimum atomic E-state index is -1.40. The molecule has 9 atom stereocenters. The minimum absolute atomic E-state index is 0.0210. The van der Waals surface area contributed by atoms with E-state index in [0.717, 1.165) is 0 Å². The number of nitrogens with one attached hydrogen (secondary N) is 8. The molecule has 1 aliphatic heterocycles. The maximum absolute atomic E-state index is 14.6. The number of hydrogen-bond donors (Lipinski definition) is 17. The van der Waals surface area contributed by atoms with E-state index >= 15 is 0 Å². The third-order valence-corrected chi connectivity index (χ3v) is 14.2. The Kier molecular flexibility index (Phi) is 31.5. The molecular weight excluding hydrogens is 1140 g/mol. The van der Waals surface area contributed by atoms with Gasteiger partial charge in [-0.2, -0.15) is 0 Å². The fourth-order valence-corrected chi connectivity index (χ4v) is 9.39. The number of likely N-dealkylation sites (tertiary alicyclic amines) is 1. The first-order chi connectivity index (χ1) is 41.7. The summed E-state index contributed by atoms with van der Waals surface area (Å²) in [6, 6.07) is 4.92. The second-order valence-corrected chi connectivity index (χ2v) is 22.0. The first-order valence-corrected chi connectivity index (χ1v) is 29.4. The third-order valence-electron chi connectivity index (χ3n) is 14.2. The van der Waals surface area contributed by atoms with Gasteiger partial charge in [-0.25, -0.2) is 0 Å². The summed E-state index contributed by atoms with van der Waals surface area (Å²) in [5.74, 6) is -8.84. The van der Waals surface area contributed by atoms with Gasteiger partial charge in [-0.05, 0) is 99.3 Å². The summed E-state index contributed by atoms with van der Waals surface area (Å²) >= 11 is 0. The van der Waals surface area contributed by atoms with Crippen molar-refractivity contribution in [2.45, 2.75) is 153 Å². The van der Waals surface area contributed by atoms with Crippen molar-refractivity contribution in [2.24, 2.45) is 72.7 Å². The molecule has 3 rings (SSSR count). The van der Waals surface area contributed by atoms with Gasteiger partial charge in [-0.15, -0.1) is 0 Å². The number of aromatic hydroxyl groups is 1. The second kappa shape index (κ2) is 38.0. The minimum Gasteiger partial charge on any atom is -0.508 e. The van der Waals surface area contributed by atoms with Crippen molar-refractivity contribution in [3.8, 4) is 5.75 Å². The number of primary amides is 1. The number of guanidine groups is 3. The van der Waals surface area contributed by atoms with Gasteiger partial charge in [0.05, 0.1) is 19.1 Å². The van der Waals surface area contributed by atoms with Crippen LogP contribution in [0.1, 0.15) is 103 Å². The lowest BCUT2D eigenvalue weighted by molar-refractivity contribution is -0.141. The van der Waals surface area contributed by atoms with E-state index in [1.165, 1.54) is 17.0 Å². The molecule has 25 N–H and O–H groups in total. The highest BCUT2D eigenvalue weighted by atomic mass is 16.3. The standard InChI is InChI=1S/C57H92N20O11/c1-5-33(4)46(53(87)74-40(17-11-25-68-57(64)65)54(88)77-26-12-18-43(77)47(59)81)76-50(84)39(16-10-24-67-56(62)63)72-49(83)38(15-9-23-66-55(60)61)73-51(85)41(27-32(2)3)75-52(86)42(29-34-13-7-6-8-14-34)71-45(80)31-69-44(79)30-70-48(82)37(58)28-35-19-21-36(78)22-20-35/h6-8,13-14,19-22,32-33,37-43,46,78H,5,9-12,15-18,23-31,58H2,1-4H3,(H2,59,81)(H,69,79)(H,70,82)(H,71,80)(H,72,83)(H,73,85)(H,74,87)(H,75,86)(H,76,84)(H4,60,61,66)(H4,62,63,67)(H4,64,65,68). The van der Waals surface area contributed by atoms with Gasteiger partial charge in [0.1, 0.15) is 48.0 Å². The molecule has 31 nitrogen and oxygen atoms in total. The van der Waals surface area contributed by atoms with Gasteiger partial charge in [0.25, 0.3) is 0 Å². The number of carbonyl (C=O) groups is 10. The van der Waals surface area contributed by atoms with Crippen LogP contribution in [-0.2, 0) is 60.8 Å². The molecule has 0 saturated carbocycles. The molecule has 0 spiro atoms. The summed E-state index contributed by atoms with van der Waals surface area (Å²) in [5, 5.41) is 30.7. The number of phenolic OH excluding ortho intramolecular Hbond substituents is 1. The summed E-state index contributed by atoms with van der Waals surface area (Å²) in [7, 11) is 0. The van der Waals surface area contributed by atoms with Crippen LogP contribution in [0.2, 0.25) is 0 Å². The van der Waals surface area contributed by atoms with Crippen LogP contribution in [0.3, 0.4) is 0 Å². The Labute approximate surface area is 512 Å². The summed E-state index contributed by atoms with van der Waals surface area (Å²) in [6.07, 6.45) is 1.65. The quantitative estimate of drug-likeness (QED) is 0.0171. The molecule has 0 radical (unpaired) electrons. The number of aliphatic imine (C=N–C) groups is 3. The van der Waals surface area contributed by atoms with Crippen molar-refractivity contribution in [3.63, 3.8) is 0 Å². The molecule has 0 bridgehead atoms. The average Bonchev–Trinajstić information content (AvgIpc) is 3.25. The van der Waals surface area contributed by atoms with Crippen molar-refractivity contribution in [3.05, 3.63) is 65.7 Å². The van der Waals surface area contributed by atoms with E-state index in [-0.39, 0.29) is 114 Å². The molecule has 2 aromatic rings. The lowest BCUT2D eigenvalue weighted by Gasteiger charge is -2.31. The molecule has 1 saturated heterocycles. The van der Waals surface area contributed by atoms with E-state index in [9.17, 15) is 53.1 Å². The Morgan fingerprint density at radius 2 is 1.03 bits per heavy atom. The molecule has 2 aromatic carbocycles. The molecule has 0 aromatic heterocycles. The molecule has 486 valence electrons. The van der Waals surface area contributed by atoms with Crippen molar-refractivity contribution in [2.75, 3.05) is 39.3 Å². The van der Waals surface area contributed by atoms with Crippen LogP contribution < -0.4 is 88.4 Å². The highest BCUT2D eigenvalue weighted by Gasteiger charge is 2.39. The van der Waals surface area contributed by atoms with E-state index < -0.39 is 126 Å². The molecular formula is C57H92N20O11. The molecule has 10 amide bonds. The molecule has 9 unspecified atom stereocenters. The topological polar surface area (TPSA) is 536 Å². The highest BCUT2D eigenvalue weighted by molar-refractivity contribution is 5.98. The zero-order valence-corrected chi connectivity index (χ0v) is 50.6. The summed E-state index contributed by atoms with van der Waals surface area (Å²) in [4.78, 5) is 151. The monoisotopic (exact) mass is 1230 g/mol. The number of nitrogens with zero attached hydrogens (tertiary/aromatic N) is 4. The Hall–Kier alpha value is -9.29. The molecule has 1 heterocycles. The van der Waals surface area contributed by atoms with E-state index in [0.29, 0.717) is 30.4 Å². The number of rotatable bonds is 38. The molecule has 1 fully saturated rings. The van der Waals surface area contributed by atoms with Gasteiger partial charge >= 0.3 is 0 Å². The van der Waals surface area contributed by atoms with Crippen LogP contribution in [-0.4, -0.2) is 175 Å². The number of nitrogens with two attached hydrogens (primary N) is 8. The van der Waals surface area contributed by atoms with E-state index in [2.05, 4.69) is 57.5 Å². The normalized spacial score (nSPS) is 15.4. The SMILES string of the molecule is CCC(C)C(NC(=O)C(CCCN=C(N)N)NC(=O)C(CCCN=C(N)N)NC(=O)C(CC(C)C)NC(=O)C(Cc1ccccc1)NC(=O)CNC(=O)CNC(=O)C(N)Cc1ccc(O)cc1)C(=O)NC(CCCN=C(N)N)C(=O)N1CCCC1C(N)=O. The van der Waals surface area contributed by atoms with Crippen LogP contribution in [0.4, 0.5) is 0 Å². The Bertz CT molecular complexity index is 2740. The van der Waals surface area contributed by atoms with E-state index in [1.807, 2.05) is 0 Å². The predicted molar refractivity (Wildman–Crippen MR) is 330 cm³/mol. The smallest absolute Gasteiger partial charge is 0.245 e. The van der Waals surface area contributed by atoms with Crippen LogP contribution >= 0.6 is 0 Å². The Morgan fingerprint density at radius 3 is 1.56 bits per heavy atom. The van der Waals surface area contributed by atoms with Gasteiger partial charge in [0, 0.05) is 32.6 Å². The zero-order chi connectivity index (χ0) is 65.5. The maximum Gasteiger partial charge on any atom is 0.245 e. The number of phenols is 1. The maximum atomic E-state index is 14.6. The first-order valence-electron chi connectivity index (χ1n) is 29.4. The van der Waals surface area contributed by atoms with Crippen LogP contribution in [0.15, 0.2) is 69.6 Å². The number of carbonyl (C=O) groups excluding carboxylic acids is 10. The number of hydrogen-bond acceptors (Lipinski definition) is 15. The van der Waals surface area contributed by atoms with E-state index in [4.69, 9.17) is 45.9 Å². The van der Waals surface area contributed by atoms with Gasteiger partial charge in [0.2, 0.25) is 59.1 Å². The third kappa shape index (κ3) is 27.0. The first kappa shape index (κ1) is 73.0. The largest absolute Gasteiger partial charge is 0.508 e. The summed E-state index contributed by atoms with van der Waals surface area (Å²) in [6.45, 7) is 6.32. The van der Waals surface area contributed by atoms with Gasteiger partial charge in [-0.1, -0.05) is 76.6 Å². The summed E-state index contributed by atoms with van der Waals surface area (Å²) < 4.78 is 0. The van der Waals surface area contributed by atoms with Crippen molar-refractivity contribution in [1.29, 1.82) is 0 Å². The number of amides is 10. The van der Waals surface area contributed by atoms with Crippen molar-refractivity contribution >= 4 is 77.0 Å². The van der Waals surface area contributed by atoms with Crippen LogP contribution in [0.25, 0.3) is 0 Å². The van der Waals surface area contributed by atoms with Gasteiger partial charge in [0.15, 0.2) is 17.9 Å². The second-order valence-electron chi connectivity index (χ2n) is 22.0. The van der Waals surface area contributed by atoms with Crippen LogP contribution in [0, 0.1) is 11.8 Å². The fourth-order valence-electron chi connectivity index (χ4n) is 9.39. The molecule has 0 aliphatic carbocycles.